The van der Waals surface area contributed by atoms with Crippen LogP contribution in [0.3, 0.4) is 0 Å². The molecule has 100 valence electrons. The highest BCUT2D eigenvalue weighted by Crippen LogP contribution is 2.26. The van der Waals surface area contributed by atoms with Gasteiger partial charge in [0.15, 0.2) is 0 Å². The molecule has 1 aromatic rings. The second-order valence-electron chi connectivity index (χ2n) is 4.75. The van der Waals surface area contributed by atoms with Gasteiger partial charge in [-0.1, -0.05) is 31.9 Å². The summed E-state index contributed by atoms with van der Waals surface area (Å²) in [5.74, 6) is 0. The minimum absolute atomic E-state index is 0.345. The van der Waals surface area contributed by atoms with Gasteiger partial charge >= 0.3 is 0 Å². The summed E-state index contributed by atoms with van der Waals surface area (Å²) in [7, 11) is 0. The highest BCUT2D eigenvalue weighted by Gasteiger charge is 2.17. The summed E-state index contributed by atoms with van der Waals surface area (Å²) >= 11 is 0. The van der Waals surface area contributed by atoms with Gasteiger partial charge in [0.1, 0.15) is 0 Å². The molecule has 0 bridgehead atoms. The Hall–Kier alpha value is -1.79. The van der Waals surface area contributed by atoms with E-state index in [0.717, 1.165) is 12.0 Å². The van der Waals surface area contributed by atoms with Crippen LogP contribution in [0, 0.1) is 11.3 Å². The van der Waals surface area contributed by atoms with Gasteiger partial charge in [0, 0.05) is 5.56 Å². The van der Waals surface area contributed by atoms with Gasteiger partial charge in [-0.05, 0) is 30.5 Å². The molecule has 0 amide bonds. The number of nitrogens with zero attached hydrogens (tertiary/aromatic N) is 1. The Kier molecular flexibility index (Phi) is 5.00. The average Bonchev–Trinajstić information content (AvgIpc) is 2.48. The van der Waals surface area contributed by atoms with E-state index >= 15 is 0 Å². The fourth-order valence-electron chi connectivity index (χ4n) is 2.04. The molecule has 2 rings (SSSR count). The third-order valence-corrected chi connectivity index (χ3v) is 3.19. The molecule has 1 aliphatic rings. The lowest BCUT2D eigenvalue weighted by molar-refractivity contribution is -0.120. The molecule has 0 aliphatic carbocycles. The highest BCUT2D eigenvalue weighted by molar-refractivity contribution is 5.32. The Bertz CT molecular complexity index is 471. The Morgan fingerprint density at radius 2 is 2.05 bits per heavy atom. The van der Waals surface area contributed by atoms with Gasteiger partial charge < -0.3 is 9.47 Å². The molecule has 0 fully saturated rings. The summed E-state index contributed by atoms with van der Waals surface area (Å²) in [5.41, 5.74) is 2.82. The van der Waals surface area contributed by atoms with Crippen LogP contribution in [0.2, 0.25) is 0 Å². The van der Waals surface area contributed by atoms with Crippen LogP contribution >= 0.6 is 0 Å². The van der Waals surface area contributed by atoms with E-state index in [9.17, 15) is 0 Å². The number of nitriles is 1. The van der Waals surface area contributed by atoms with Gasteiger partial charge in [-0.25, -0.2) is 0 Å². The van der Waals surface area contributed by atoms with Crippen molar-refractivity contribution < 1.29 is 9.47 Å². The molecular weight excluding hydrogens is 238 g/mol. The van der Waals surface area contributed by atoms with Gasteiger partial charge in [-0.3, -0.25) is 0 Å². The SMILES string of the molecule is CCCCCC1=COC(c2ccc(C#N)cc2)OC1. The topological polar surface area (TPSA) is 42.2 Å². The lowest BCUT2D eigenvalue weighted by Gasteiger charge is -2.24. The zero-order valence-electron chi connectivity index (χ0n) is 11.3. The van der Waals surface area contributed by atoms with Crippen molar-refractivity contribution in [2.75, 3.05) is 6.61 Å². The van der Waals surface area contributed by atoms with E-state index in [1.165, 1.54) is 24.8 Å². The van der Waals surface area contributed by atoms with Crippen molar-refractivity contribution in [3.63, 3.8) is 0 Å². The van der Waals surface area contributed by atoms with Crippen molar-refractivity contribution >= 4 is 0 Å². The Morgan fingerprint density at radius 3 is 2.63 bits per heavy atom. The molecule has 1 heterocycles. The van der Waals surface area contributed by atoms with E-state index in [4.69, 9.17) is 14.7 Å². The number of rotatable bonds is 5. The molecule has 0 spiro atoms. The summed E-state index contributed by atoms with van der Waals surface area (Å²) < 4.78 is 11.3. The van der Waals surface area contributed by atoms with Crippen molar-refractivity contribution in [3.05, 3.63) is 47.2 Å². The van der Waals surface area contributed by atoms with Crippen LogP contribution < -0.4 is 0 Å². The summed E-state index contributed by atoms with van der Waals surface area (Å²) in [6.45, 7) is 2.83. The predicted octanol–water partition coefficient (Wildman–Crippen LogP) is 4.07. The number of unbranched alkanes of at least 4 members (excludes halogenated alkanes) is 2. The zero-order valence-corrected chi connectivity index (χ0v) is 11.3. The van der Waals surface area contributed by atoms with Crippen molar-refractivity contribution in [3.8, 4) is 6.07 Å². The first kappa shape index (κ1) is 13.6. The maximum Gasteiger partial charge on any atom is 0.226 e. The Balaban J connectivity index is 1.89. The number of benzene rings is 1. The van der Waals surface area contributed by atoms with Crippen LogP contribution in [0.1, 0.15) is 50.0 Å². The zero-order chi connectivity index (χ0) is 13.5. The van der Waals surface area contributed by atoms with Gasteiger partial charge in [-0.2, -0.15) is 5.26 Å². The van der Waals surface area contributed by atoms with Crippen LogP contribution in [0.4, 0.5) is 0 Å². The van der Waals surface area contributed by atoms with Crippen molar-refractivity contribution in [2.45, 2.75) is 38.9 Å². The molecular formula is C16H19NO2. The normalized spacial score (nSPS) is 18.3. The summed E-state index contributed by atoms with van der Waals surface area (Å²) in [5, 5.41) is 8.75. The predicted molar refractivity (Wildman–Crippen MR) is 73.2 cm³/mol. The number of ether oxygens (including phenoxy) is 2. The second-order valence-corrected chi connectivity index (χ2v) is 4.75. The highest BCUT2D eigenvalue weighted by atomic mass is 16.7. The third kappa shape index (κ3) is 3.84. The molecule has 0 aromatic heterocycles. The lowest BCUT2D eigenvalue weighted by atomic mass is 10.1. The van der Waals surface area contributed by atoms with E-state index in [-0.39, 0.29) is 6.29 Å². The first-order valence-corrected chi connectivity index (χ1v) is 6.78. The van der Waals surface area contributed by atoms with E-state index < -0.39 is 0 Å². The molecule has 0 saturated carbocycles. The maximum atomic E-state index is 8.75. The minimum Gasteiger partial charge on any atom is -0.468 e. The molecule has 0 saturated heterocycles. The molecule has 0 N–H and O–H groups in total. The van der Waals surface area contributed by atoms with Crippen LogP contribution in [-0.4, -0.2) is 6.61 Å². The van der Waals surface area contributed by atoms with Crippen molar-refractivity contribution in [1.29, 1.82) is 5.26 Å². The molecule has 1 aliphatic heterocycles. The van der Waals surface area contributed by atoms with Crippen LogP contribution in [0.15, 0.2) is 36.1 Å². The van der Waals surface area contributed by atoms with Crippen LogP contribution in [-0.2, 0) is 9.47 Å². The lowest BCUT2D eigenvalue weighted by Crippen LogP contribution is -2.14. The van der Waals surface area contributed by atoms with Crippen molar-refractivity contribution in [2.24, 2.45) is 0 Å². The average molecular weight is 257 g/mol. The monoisotopic (exact) mass is 257 g/mol. The first-order chi connectivity index (χ1) is 9.33. The first-order valence-electron chi connectivity index (χ1n) is 6.78. The summed E-state index contributed by atoms with van der Waals surface area (Å²) in [6.07, 6.45) is 6.20. The van der Waals surface area contributed by atoms with Gasteiger partial charge in [0.05, 0.1) is 24.5 Å². The Labute approximate surface area is 114 Å². The largest absolute Gasteiger partial charge is 0.468 e. The minimum atomic E-state index is -0.345. The van der Waals surface area contributed by atoms with Crippen LogP contribution in [0.5, 0.6) is 0 Å². The van der Waals surface area contributed by atoms with E-state index in [1.807, 2.05) is 18.4 Å². The number of hydrogen-bond acceptors (Lipinski definition) is 3. The van der Waals surface area contributed by atoms with Gasteiger partial charge in [0.2, 0.25) is 6.29 Å². The second kappa shape index (κ2) is 6.96. The Morgan fingerprint density at radius 1 is 1.26 bits per heavy atom. The molecule has 19 heavy (non-hydrogen) atoms. The van der Waals surface area contributed by atoms with Crippen LogP contribution in [0.25, 0.3) is 0 Å². The summed E-state index contributed by atoms with van der Waals surface area (Å²) in [4.78, 5) is 0. The third-order valence-electron chi connectivity index (χ3n) is 3.19. The quantitative estimate of drug-likeness (QED) is 0.747. The smallest absolute Gasteiger partial charge is 0.226 e. The molecule has 0 radical (unpaired) electrons. The van der Waals surface area contributed by atoms with E-state index in [1.54, 1.807) is 12.1 Å². The number of hydrogen-bond donors (Lipinski definition) is 0. The molecule has 3 heteroatoms. The summed E-state index contributed by atoms with van der Waals surface area (Å²) in [6, 6.07) is 9.41. The maximum absolute atomic E-state index is 8.75. The van der Waals surface area contributed by atoms with E-state index in [2.05, 4.69) is 13.0 Å². The fourth-order valence-corrected chi connectivity index (χ4v) is 2.04. The van der Waals surface area contributed by atoms with Gasteiger partial charge in [0.25, 0.3) is 0 Å². The van der Waals surface area contributed by atoms with Crippen molar-refractivity contribution in [1.82, 2.24) is 0 Å². The standard InChI is InChI=1S/C16H19NO2/c1-2-3-4-5-14-11-18-16(19-12-14)15-8-6-13(10-17)7-9-15/h6-9,11,16H,2-5,12H2,1H3. The van der Waals surface area contributed by atoms with E-state index in [0.29, 0.717) is 12.2 Å². The fraction of sp³-hybridized carbons (Fsp3) is 0.438. The molecule has 1 unspecified atom stereocenters. The van der Waals surface area contributed by atoms with Gasteiger partial charge in [-0.15, -0.1) is 0 Å². The molecule has 1 atom stereocenters. The molecule has 3 nitrogen and oxygen atoms in total. The molecule has 1 aromatic carbocycles.